The van der Waals surface area contributed by atoms with Crippen LogP contribution in [0.25, 0.3) is 0 Å². The van der Waals surface area contributed by atoms with Gasteiger partial charge in [0.25, 0.3) is 0 Å². The summed E-state index contributed by atoms with van der Waals surface area (Å²) in [6.07, 6.45) is -3.08. The number of rotatable bonds is 4. The Morgan fingerprint density at radius 2 is 2.15 bits per heavy atom. The van der Waals surface area contributed by atoms with Gasteiger partial charge in [0.1, 0.15) is 5.01 Å². The quantitative estimate of drug-likeness (QED) is 0.907. The largest absolute Gasteiger partial charge is 0.478 e. The number of benzene rings is 1. The predicted octanol–water partition coefficient (Wildman–Crippen LogP) is 3.47. The average molecular weight is 302 g/mol. The lowest BCUT2D eigenvalue weighted by Crippen LogP contribution is -2.13. The molecule has 1 heterocycles. The van der Waals surface area contributed by atoms with Gasteiger partial charge in [-0.15, -0.1) is 11.3 Å². The molecule has 0 unspecified atom stereocenters. The fourth-order valence-electron chi connectivity index (χ4n) is 1.60. The van der Waals surface area contributed by atoms with Crippen LogP contribution in [0.15, 0.2) is 29.8 Å². The molecule has 0 saturated carbocycles. The Hall–Kier alpha value is -2.09. The highest BCUT2D eigenvalue weighted by molar-refractivity contribution is 7.09. The van der Waals surface area contributed by atoms with Gasteiger partial charge >= 0.3 is 12.1 Å². The first-order chi connectivity index (χ1) is 9.38. The molecule has 2 N–H and O–H groups in total. The summed E-state index contributed by atoms with van der Waals surface area (Å²) in [4.78, 5) is 14.9. The maximum absolute atomic E-state index is 12.7. The predicted molar refractivity (Wildman–Crippen MR) is 67.8 cm³/mol. The van der Waals surface area contributed by atoms with Gasteiger partial charge in [0.2, 0.25) is 0 Å². The molecule has 2 rings (SSSR count). The number of carbonyl (C=O) groups is 1. The second-order valence-corrected chi connectivity index (χ2v) is 4.82. The summed E-state index contributed by atoms with van der Waals surface area (Å²) in [5.74, 6) is -1.62. The van der Waals surface area contributed by atoms with Crippen molar-refractivity contribution in [2.24, 2.45) is 0 Å². The Balaban J connectivity index is 2.24. The number of nitrogens with zero attached hydrogens (tertiary/aromatic N) is 1. The van der Waals surface area contributed by atoms with E-state index >= 15 is 0 Å². The van der Waals surface area contributed by atoms with Crippen molar-refractivity contribution in [2.75, 3.05) is 5.32 Å². The Morgan fingerprint density at radius 1 is 1.40 bits per heavy atom. The van der Waals surface area contributed by atoms with Crippen LogP contribution in [0.1, 0.15) is 20.9 Å². The van der Waals surface area contributed by atoms with Crippen molar-refractivity contribution in [1.29, 1.82) is 0 Å². The summed E-state index contributed by atoms with van der Waals surface area (Å²) >= 11 is 1.39. The number of carboxylic acids is 1. The third-order valence-corrected chi connectivity index (χ3v) is 3.26. The topological polar surface area (TPSA) is 62.2 Å². The van der Waals surface area contributed by atoms with E-state index in [2.05, 4.69) is 10.3 Å². The lowest BCUT2D eigenvalue weighted by Gasteiger charge is -2.12. The zero-order chi connectivity index (χ0) is 14.8. The number of nitrogens with one attached hydrogen (secondary N) is 1. The van der Waals surface area contributed by atoms with Crippen molar-refractivity contribution in [3.05, 3.63) is 45.9 Å². The monoisotopic (exact) mass is 302 g/mol. The molecule has 0 spiro atoms. The number of aromatic carboxylic acids is 1. The summed E-state index contributed by atoms with van der Waals surface area (Å²) < 4.78 is 38.0. The van der Waals surface area contributed by atoms with Crippen molar-refractivity contribution in [3.8, 4) is 0 Å². The third kappa shape index (κ3) is 3.27. The van der Waals surface area contributed by atoms with Crippen molar-refractivity contribution in [3.63, 3.8) is 0 Å². The minimum Gasteiger partial charge on any atom is -0.478 e. The molecule has 8 heteroatoms. The van der Waals surface area contributed by atoms with Crippen LogP contribution >= 0.6 is 11.3 Å². The van der Waals surface area contributed by atoms with Gasteiger partial charge in [-0.1, -0.05) is 0 Å². The first-order valence-electron chi connectivity index (χ1n) is 5.44. The standard InChI is InChI=1S/C12H9F3N2O2S/c13-12(14,15)9-2-1-7(5-8(9)11(18)19)17-6-10-16-3-4-20-10/h1-5,17H,6H2,(H,18,19). The summed E-state index contributed by atoms with van der Waals surface area (Å²) in [5.41, 5.74) is -1.64. The zero-order valence-electron chi connectivity index (χ0n) is 9.94. The first-order valence-corrected chi connectivity index (χ1v) is 6.32. The van der Waals surface area contributed by atoms with Crippen molar-refractivity contribution in [1.82, 2.24) is 4.98 Å². The maximum Gasteiger partial charge on any atom is 0.417 e. The van der Waals surface area contributed by atoms with Gasteiger partial charge < -0.3 is 10.4 Å². The molecular weight excluding hydrogens is 293 g/mol. The number of aromatic nitrogens is 1. The van der Waals surface area contributed by atoms with E-state index in [0.29, 0.717) is 12.2 Å². The second kappa shape index (κ2) is 5.49. The third-order valence-electron chi connectivity index (χ3n) is 2.48. The van der Waals surface area contributed by atoms with Gasteiger partial charge in [0.05, 0.1) is 17.7 Å². The summed E-state index contributed by atoms with van der Waals surface area (Å²) in [6, 6.07) is 2.93. The number of anilines is 1. The van der Waals surface area contributed by atoms with Crippen LogP contribution < -0.4 is 5.32 Å². The minimum absolute atomic E-state index is 0.297. The first kappa shape index (κ1) is 14.3. The Labute approximate surface area is 115 Å². The van der Waals surface area contributed by atoms with Crippen molar-refractivity contribution < 1.29 is 23.1 Å². The number of halogens is 3. The molecule has 4 nitrogen and oxygen atoms in total. The number of carboxylic acid groups (broad SMARTS) is 1. The van der Waals surface area contributed by atoms with Crippen LogP contribution in [0.5, 0.6) is 0 Å². The Kier molecular flexibility index (Phi) is 3.93. The summed E-state index contributed by atoms with van der Waals surface area (Å²) in [5, 5.41) is 14.2. The van der Waals surface area contributed by atoms with E-state index in [9.17, 15) is 18.0 Å². The van der Waals surface area contributed by atoms with Gasteiger partial charge in [0.15, 0.2) is 0 Å². The Bertz CT molecular complexity index is 612. The highest BCUT2D eigenvalue weighted by Crippen LogP contribution is 2.33. The van der Waals surface area contributed by atoms with Gasteiger partial charge in [-0.3, -0.25) is 0 Å². The molecule has 0 saturated heterocycles. The van der Waals surface area contributed by atoms with Crippen molar-refractivity contribution >= 4 is 23.0 Å². The number of thiazole rings is 1. The van der Waals surface area contributed by atoms with Gasteiger partial charge in [-0.2, -0.15) is 13.2 Å². The number of hydrogen-bond acceptors (Lipinski definition) is 4. The van der Waals surface area contributed by atoms with E-state index in [0.717, 1.165) is 17.1 Å². The van der Waals surface area contributed by atoms with Crippen LogP contribution in [0.4, 0.5) is 18.9 Å². The molecule has 0 fully saturated rings. The lowest BCUT2D eigenvalue weighted by atomic mass is 10.1. The average Bonchev–Trinajstić information content (AvgIpc) is 2.88. The van der Waals surface area contributed by atoms with E-state index in [4.69, 9.17) is 5.11 Å². The molecule has 2 aromatic rings. The normalized spacial score (nSPS) is 11.3. The lowest BCUT2D eigenvalue weighted by molar-refractivity contribution is -0.138. The molecule has 0 radical (unpaired) electrons. The van der Waals surface area contributed by atoms with Crippen LogP contribution in [0.3, 0.4) is 0 Å². The van der Waals surface area contributed by atoms with Crippen LogP contribution in [-0.2, 0) is 12.7 Å². The van der Waals surface area contributed by atoms with Crippen LogP contribution in [0, 0.1) is 0 Å². The smallest absolute Gasteiger partial charge is 0.417 e. The van der Waals surface area contributed by atoms with Crippen LogP contribution in [-0.4, -0.2) is 16.1 Å². The second-order valence-electron chi connectivity index (χ2n) is 3.84. The fourth-order valence-corrected chi connectivity index (χ4v) is 2.15. The van der Waals surface area contributed by atoms with Gasteiger partial charge in [-0.25, -0.2) is 9.78 Å². The zero-order valence-corrected chi connectivity index (χ0v) is 10.8. The van der Waals surface area contributed by atoms with Crippen LogP contribution in [0.2, 0.25) is 0 Å². The highest BCUT2D eigenvalue weighted by atomic mass is 32.1. The molecule has 0 atom stereocenters. The molecule has 1 aromatic carbocycles. The Morgan fingerprint density at radius 3 is 2.70 bits per heavy atom. The maximum atomic E-state index is 12.7. The SMILES string of the molecule is O=C(O)c1cc(NCc2nccs2)ccc1C(F)(F)F. The van der Waals surface area contributed by atoms with E-state index < -0.39 is 23.3 Å². The minimum atomic E-state index is -4.69. The highest BCUT2D eigenvalue weighted by Gasteiger charge is 2.35. The molecule has 0 aliphatic rings. The molecule has 20 heavy (non-hydrogen) atoms. The fraction of sp³-hybridized carbons (Fsp3) is 0.167. The molecule has 0 aliphatic heterocycles. The van der Waals surface area contributed by atoms with E-state index in [1.54, 1.807) is 11.6 Å². The number of alkyl halides is 3. The van der Waals surface area contributed by atoms with E-state index in [1.807, 2.05) is 0 Å². The van der Waals surface area contributed by atoms with Gasteiger partial charge in [-0.05, 0) is 18.2 Å². The summed E-state index contributed by atoms with van der Waals surface area (Å²) in [6.45, 7) is 0.322. The van der Waals surface area contributed by atoms with E-state index in [-0.39, 0.29) is 0 Å². The van der Waals surface area contributed by atoms with Gasteiger partial charge in [0, 0.05) is 17.3 Å². The van der Waals surface area contributed by atoms with E-state index in [1.165, 1.54) is 17.4 Å². The number of hydrogen-bond donors (Lipinski definition) is 2. The molecule has 0 amide bonds. The molecule has 0 aliphatic carbocycles. The summed E-state index contributed by atoms with van der Waals surface area (Å²) in [7, 11) is 0. The molecular formula is C12H9F3N2O2S. The molecule has 1 aromatic heterocycles. The molecule has 0 bridgehead atoms. The van der Waals surface area contributed by atoms with Crippen molar-refractivity contribution in [2.45, 2.75) is 12.7 Å². The molecule has 106 valence electrons.